The number of nitrogens with zero attached hydrogens (tertiary/aromatic N) is 1. The lowest BCUT2D eigenvalue weighted by molar-refractivity contribution is -0.135. The molecular weight excluding hydrogens is 226 g/mol. The number of halogens is 1. The maximum absolute atomic E-state index is 12.2. The summed E-state index contributed by atoms with van der Waals surface area (Å²) in [5.74, 6) is 0.138. The van der Waals surface area contributed by atoms with E-state index in [1.807, 2.05) is 6.92 Å². The molecule has 1 heterocycles. The third kappa shape index (κ3) is 2.69. The summed E-state index contributed by atoms with van der Waals surface area (Å²) in [6, 6.07) is 0.824. The summed E-state index contributed by atoms with van der Waals surface area (Å²) in [4.78, 5) is 14.3. The molecule has 0 spiro atoms. The second-order valence-electron chi connectivity index (χ2n) is 4.70. The lowest BCUT2D eigenvalue weighted by Crippen LogP contribution is -2.47. The molecule has 0 aromatic rings. The molecule has 1 atom stereocenters. The van der Waals surface area contributed by atoms with Crippen molar-refractivity contribution in [1.82, 2.24) is 4.90 Å². The Morgan fingerprint density at radius 3 is 2.38 bits per heavy atom. The molecule has 0 N–H and O–H groups in total. The molecule has 1 saturated carbocycles. The molecule has 1 saturated heterocycles. The van der Waals surface area contributed by atoms with Crippen LogP contribution in [-0.2, 0) is 9.53 Å². The van der Waals surface area contributed by atoms with Crippen molar-refractivity contribution in [1.29, 1.82) is 0 Å². The predicted molar refractivity (Wildman–Crippen MR) is 63.6 cm³/mol. The Balaban J connectivity index is 2.00. The van der Waals surface area contributed by atoms with Crippen LogP contribution in [0.15, 0.2) is 0 Å². The van der Waals surface area contributed by atoms with Gasteiger partial charge in [-0.2, -0.15) is 0 Å². The standard InChI is InChI=1S/C12H20ClNO2/c1-2-11(13)12(15)14(9-3-4-9)10-5-7-16-8-6-10/h9-11H,2-8H2,1H3/t11-/m0/s1. The van der Waals surface area contributed by atoms with E-state index in [9.17, 15) is 4.79 Å². The van der Waals surface area contributed by atoms with Crippen LogP contribution >= 0.6 is 11.6 Å². The quantitative estimate of drug-likeness (QED) is 0.711. The van der Waals surface area contributed by atoms with Crippen LogP contribution in [0, 0.1) is 0 Å². The SMILES string of the molecule is CC[C@H](Cl)C(=O)N(C1CCOCC1)C1CC1. The van der Waals surface area contributed by atoms with Gasteiger partial charge in [-0.25, -0.2) is 0 Å². The molecule has 0 bridgehead atoms. The van der Waals surface area contributed by atoms with E-state index in [-0.39, 0.29) is 11.3 Å². The van der Waals surface area contributed by atoms with Crippen molar-refractivity contribution >= 4 is 17.5 Å². The number of amides is 1. The third-order valence-electron chi connectivity index (χ3n) is 3.41. The van der Waals surface area contributed by atoms with E-state index in [1.165, 1.54) is 0 Å². The first-order valence-corrected chi connectivity index (χ1v) is 6.71. The van der Waals surface area contributed by atoms with Crippen LogP contribution in [0.25, 0.3) is 0 Å². The zero-order valence-corrected chi connectivity index (χ0v) is 10.6. The van der Waals surface area contributed by atoms with E-state index < -0.39 is 0 Å². The predicted octanol–water partition coefficient (Wildman–Crippen LogP) is 2.17. The van der Waals surface area contributed by atoms with Gasteiger partial charge in [0.25, 0.3) is 0 Å². The van der Waals surface area contributed by atoms with Gasteiger partial charge in [0.2, 0.25) is 5.91 Å². The van der Waals surface area contributed by atoms with Crippen LogP contribution in [0.2, 0.25) is 0 Å². The number of hydrogen-bond acceptors (Lipinski definition) is 2. The average Bonchev–Trinajstić information content (AvgIpc) is 3.14. The molecule has 0 unspecified atom stereocenters. The molecule has 1 aliphatic heterocycles. The number of ether oxygens (including phenoxy) is 1. The number of alkyl halides is 1. The van der Waals surface area contributed by atoms with Gasteiger partial charge in [0.05, 0.1) is 0 Å². The Labute approximate surface area is 102 Å². The van der Waals surface area contributed by atoms with Crippen molar-refractivity contribution in [3.05, 3.63) is 0 Å². The van der Waals surface area contributed by atoms with Crippen LogP contribution < -0.4 is 0 Å². The fourth-order valence-electron chi connectivity index (χ4n) is 2.31. The Morgan fingerprint density at radius 2 is 1.88 bits per heavy atom. The molecule has 16 heavy (non-hydrogen) atoms. The van der Waals surface area contributed by atoms with Gasteiger partial charge >= 0.3 is 0 Å². The van der Waals surface area contributed by atoms with Gasteiger partial charge in [0, 0.05) is 25.3 Å². The monoisotopic (exact) mass is 245 g/mol. The Morgan fingerprint density at radius 1 is 1.31 bits per heavy atom. The van der Waals surface area contributed by atoms with E-state index in [2.05, 4.69) is 4.90 Å². The van der Waals surface area contributed by atoms with Crippen LogP contribution in [0.5, 0.6) is 0 Å². The molecule has 4 heteroatoms. The molecule has 2 aliphatic rings. The molecule has 92 valence electrons. The van der Waals surface area contributed by atoms with Crippen molar-refractivity contribution < 1.29 is 9.53 Å². The highest BCUT2D eigenvalue weighted by Crippen LogP contribution is 2.32. The Kier molecular flexibility index (Phi) is 4.09. The van der Waals surface area contributed by atoms with Gasteiger partial charge in [-0.3, -0.25) is 4.79 Å². The summed E-state index contributed by atoms with van der Waals surface area (Å²) in [6.07, 6.45) is 4.95. The van der Waals surface area contributed by atoms with Gasteiger partial charge in [0.1, 0.15) is 5.38 Å². The highest BCUT2D eigenvalue weighted by molar-refractivity contribution is 6.30. The molecule has 2 fully saturated rings. The van der Waals surface area contributed by atoms with E-state index >= 15 is 0 Å². The van der Waals surface area contributed by atoms with E-state index in [4.69, 9.17) is 16.3 Å². The minimum absolute atomic E-state index is 0.138. The number of rotatable bonds is 4. The minimum atomic E-state index is -0.344. The zero-order chi connectivity index (χ0) is 11.5. The van der Waals surface area contributed by atoms with Crippen LogP contribution in [-0.4, -0.2) is 41.5 Å². The first-order valence-electron chi connectivity index (χ1n) is 6.28. The molecule has 0 aromatic heterocycles. The summed E-state index contributed by atoms with van der Waals surface area (Å²) in [5.41, 5.74) is 0. The molecule has 3 nitrogen and oxygen atoms in total. The minimum Gasteiger partial charge on any atom is -0.381 e. The maximum atomic E-state index is 12.2. The van der Waals surface area contributed by atoms with Crippen molar-refractivity contribution in [3.8, 4) is 0 Å². The number of carbonyl (C=O) groups excluding carboxylic acids is 1. The highest BCUT2D eigenvalue weighted by Gasteiger charge is 2.39. The van der Waals surface area contributed by atoms with Gasteiger partial charge in [-0.15, -0.1) is 11.6 Å². The van der Waals surface area contributed by atoms with Crippen LogP contribution in [0.1, 0.15) is 39.0 Å². The van der Waals surface area contributed by atoms with Gasteiger partial charge in [0.15, 0.2) is 0 Å². The molecule has 1 amide bonds. The summed E-state index contributed by atoms with van der Waals surface area (Å²) in [6.45, 7) is 3.52. The second-order valence-corrected chi connectivity index (χ2v) is 5.22. The first-order chi connectivity index (χ1) is 7.74. The summed E-state index contributed by atoms with van der Waals surface area (Å²) < 4.78 is 5.35. The molecule has 0 radical (unpaired) electrons. The van der Waals surface area contributed by atoms with Crippen LogP contribution in [0.4, 0.5) is 0 Å². The van der Waals surface area contributed by atoms with Crippen molar-refractivity contribution in [2.45, 2.75) is 56.5 Å². The fourth-order valence-corrected chi connectivity index (χ4v) is 2.42. The lowest BCUT2D eigenvalue weighted by Gasteiger charge is -2.35. The van der Waals surface area contributed by atoms with E-state index in [0.29, 0.717) is 18.5 Å². The number of hydrogen-bond donors (Lipinski definition) is 0. The lowest BCUT2D eigenvalue weighted by atomic mass is 10.1. The highest BCUT2D eigenvalue weighted by atomic mass is 35.5. The first kappa shape index (κ1) is 12.2. The number of carbonyl (C=O) groups is 1. The Bertz CT molecular complexity index is 249. The Hall–Kier alpha value is -0.280. The molecule has 1 aliphatic carbocycles. The molecule has 0 aromatic carbocycles. The normalized spacial score (nSPS) is 24.1. The largest absolute Gasteiger partial charge is 0.381 e. The zero-order valence-electron chi connectivity index (χ0n) is 9.82. The van der Waals surface area contributed by atoms with Gasteiger partial charge in [-0.05, 0) is 32.1 Å². The van der Waals surface area contributed by atoms with E-state index in [1.54, 1.807) is 0 Å². The van der Waals surface area contributed by atoms with Crippen molar-refractivity contribution in [3.63, 3.8) is 0 Å². The average molecular weight is 246 g/mol. The van der Waals surface area contributed by atoms with Crippen molar-refractivity contribution in [2.24, 2.45) is 0 Å². The molecule has 2 rings (SSSR count). The van der Waals surface area contributed by atoms with Gasteiger partial charge < -0.3 is 9.64 Å². The second kappa shape index (κ2) is 5.37. The van der Waals surface area contributed by atoms with Crippen LogP contribution in [0.3, 0.4) is 0 Å². The summed E-state index contributed by atoms with van der Waals surface area (Å²) >= 11 is 6.08. The fraction of sp³-hybridized carbons (Fsp3) is 0.917. The van der Waals surface area contributed by atoms with E-state index in [0.717, 1.165) is 38.9 Å². The maximum Gasteiger partial charge on any atom is 0.241 e. The smallest absolute Gasteiger partial charge is 0.241 e. The third-order valence-corrected chi connectivity index (χ3v) is 3.90. The van der Waals surface area contributed by atoms with Gasteiger partial charge in [-0.1, -0.05) is 6.92 Å². The molecular formula is C12H20ClNO2. The topological polar surface area (TPSA) is 29.5 Å². The van der Waals surface area contributed by atoms with Crippen molar-refractivity contribution in [2.75, 3.05) is 13.2 Å². The summed E-state index contributed by atoms with van der Waals surface area (Å²) in [7, 11) is 0. The summed E-state index contributed by atoms with van der Waals surface area (Å²) in [5, 5.41) is -0.344.